The first-order valence-corrected chi connectivity index (χ1v) is 6.81. The van der Waals surface area contributed by atoms with E-state index in [1.165, 1.54) is 12.1 Å². The molecule has 0 aromatic heterocycles. The number of benzene rings is 1. The second kappa shape index (κ2) is 6.15. The molecule has 0 fully saturated rings. The highest BCUT2D eigenvalue weighted by Gasteiger charge is 2.17. The van der Waals surface area contributed by atoms with Gasteiger partial charge in [0.2, 0.25) is 10.0 Å². The molecule has 0 spiro atoms. The topological polar surface area (TPSA) is 96.3 Å². The fourth-order valence-electron chi connectivity index (χ4n) is 1.26. The molecule has 1 N–H and O–H groups in total. The van der Waals surface area contributed by atoms with Crippen LogP contribution in [0, 0.1) is 17.1 Å². The maximum atomic E-state index is 13.3. The smallest absolute Gasteiger partial charge is 0.306 e. The van der Waals surface area contributed by atoms with E-state index in [0.29, 0.717) is 0 Å². The monoisotopic (exact) mass is 286 g/mol. The molecule has 1 rings (SSSR count). The van der Waals surface area contributed by atoms with Gasteiger partial charge in [-0.15, -0.1) is 0 Å². The van der Waals surface area contributed by atoms with Crippen LogP contribution in [0.5, 0.6) is 0 Å². The van der Waals surface area contributed by atoms with Gasteiger partial charge < -0.3 is 4.74 Å². The summed E-state index contributed by atoms with van der Waals surface area (Å²) in [7, 11) is -2.72. The molecule has 1 aromatic rings. The molecule has 19 heavy (non-hydrogen) atoms. The molecule has 0 saturated carbocycles. The fourth-order valence-corrected chi connectivity index (χ4v) is 2.30. The molecule has 8 heteroatoms. The maximum absolute atomic E-state index is 13.3. The SMILES string of the molecule is COC(=O)CCS(=O)(=O)Nc1cccc(F)c1C#N. The number of halogens is 1. The quantitative estimate of drug-likeness (QED) is 0.815. The van der Waals surface area contributed by atoms with Gasteiger partial charge in [-0.2, -0.15) is 5.26 Å². The van der Waals surface area contributed by atoms with Crippen molar-refractivity contribution in [1.29, 1.82) is 5.26 Å². The second-order valence-corrected chi connectivity index (χ2v) is 5.36. The van der Waals surface area contributed by atoms with Crippen molar-refractivity contribution in [2.45, 2.75) is 6.42 Å². The van der Waals surface area contributed by atoms with Crippen LogP contribution < -0.4 is 4.72 Å². The van der Waals surface area contributed by atoms with Gasteiger partial charge in [0.15, 0.2) is 0 Å². The molecule has 6 nitrogen and oxygen atoms in total. The molecule has 0 amide bonds. The lowest BCUT2D eigenvalue weighted by Crippen LogP contribution is -2.20. The molecule has 0 aliphatic heterocycles. The van der Waals surface area contributed by atoms with Gasteiger partial charge in [-0.25, -0.2) is 12.8 Å². The first-order chi connectivity index (χ1) is 8.89. The van der Waals surface area contributed by atoms with Gasteiger partial charge in [0, 0.05) is 0 Å². The standard InChI is InChI=1S/C11H11FN2O4S/c1-18-11(15)5-6-19(16,17)14-10-4-2-3-9(12)8(10)7-13/h2-4,14H,5-6H2,1H3. The Morgan fingerprint density at radius 3 is 2.79 bits per heavy atom. The summed E-state index contributed by atoms with van der Waals surface area (Å²) in [6.45, 7) is 0. The van der Waals surface area contributed by atoms with Crippen molar-refractivity contribution in [2.75, 3.05) is 17.6 Å². The summed E-state index contributed by atoms with van der Waals surface area (Å²) in [5.74, 6) is -2.01. The second-order valence-electron chi connectivity index (χ2n) is 3.52. The number of hydrogen-bond acceptors (Lipinski definition) is 5. The van der Waals surface area contributed by atoms with Crippen LogP contribution in [0.15, 0.2) is 18.2 Å². The summed E-state index contributed by atoms with van der Waals surface area (Å²) in [6, 6.07) is 5.15. The molecule has 0 saturated heterocycles. The first kappa shape index (κ1) is 14.9. The van der Waals surface area contributed by atoms with Gasteiger partial charge in [0.1, 0.15) is 17.4 Å². The number of anilines is 1. The van der Waals surface area contributed by atoms with E-state index in [9.17, 15) is 17.6 Å². The van der Waals surface area contributed by atoms with E-state index < -0.39 is 33.1 Å². The van der Waals surface area contributed by atoms with Crippen molar-refractivity contribution < 1.29 is 22.3 Å². The number of sulfonamides is 1. The third-order valence-electron chi connectivity index (χ3n) is 2.19. The summed E-state index contributed by atoms with van der Waals surface area (Å²) in [5.41, 5.74) is -0.559. The number of rotatable bonds is 5. The van der Waals surface area contributed by atoms with Crippen LogP contribution in [0.4, 0.5) is 10.1 Å². The molecule has 0 radical (unpaired) electrons. The minimum absolute atomic E-state index is 0.160. The predicted octanol–water partition coefficient (Wildman–Crippen LogP) is 1.00. The van der Waals surface area contributed by atoms with Crippen LogP contribution in [0.25, 0.3) is 0 Å². The number of hydrogen-bond donors (Lipinski definition) is 1. The minimum atomic E-state index is -3.86. The number of nitrogens with zero attached hydrogens (tertiary/aromatic N) is 1. The maximum Gasteiger partial charge on any atom is 0.306 e. The summed E-state index contributed by atoms with van der Waals surface area (Å²) in [6.07, 6.45) is -0.330. The highest BCUT2D eigenvalue weighted by Crippen LogP contribution is 2.19. The van der Waals surface area contributed by atoms with E-state index in [1.54, 1.807) is 6.07 Å². The molecular formula is C11H11FN2O4S. The van der Waals surface area contributed by atoms with Gasteiger partial charge in [-0.3, -0.25) is 9.52 Å². The minimum Gasteiger partial charge on any atom is -0.469 e. The molecule has 0 bridgehead atoms. The van der Waals surface area contributed by atoms with Crippen LogP contribution in [0.1, 0.15) is 12.0 Å². The molecule has 0 heterocycles. The fraction of sp³-hybridized carbons (Fsp3) is 0.273. The number of nitriles is 1. The Bertz CT molecular complexity index is 622. The third kappa shape index (κ3) is 4.22. The normalized spacial score (nSPS) is 10.6. The zero-order valence-electron chi connectivity index (χ0n) is 10.0. The summed E-state index contributed by atoms with van der Waals surface area (Å²) < 4.78 is 42.9. The van der Waals surface area contributed by atoms with Crippen LogP contribution in [-0.2, 0) is 19.6 Å². The van der Waals surface area contributed by atoms with E-state index in [-0.39, 0.29) is 12.1 Å². The van der Waals surface area contributed by atoms with Crippen molar-refractivity contribution >= 4 is 21.7 Å². The molecule has 0 aliphatic rings. The number of carbonyl (C=O) groups is 1. The summed E-state index contributed by atoms with van der Waals surface area (Å²) in [4.78, 5) is 10.9. The number of nitrogens with one attached hydrogen (secondary N) is 1. The Labute approximate surface area is 109 Å². The predicted molar refractivity (Wildman–Crippen MR) is 65.2 cm³/mol. The van der Waals surface area contributed by atoms with Gasteiger partial charge in [-0.1, -0.05) is 6.07 Å². The van der Waals surface area contributed by atoms with Crippen LogP contribution in [0.2, 0.25) is 0 Å². The van der Waals surface area contributed by atoms with Crippen molar-refractivity contribution in [2.24, 2.45) is 0 Å². The largest absolute Gasteiger partial charge is 0.469 e. The van der Waals surface area contributed by atoms with Crippen molar-refractivity contribution in [3.05, 3.63) is 29.6 Å². The lowest BCUT2D eigenvalue weighted by Gasteiger charge is -2.09. The molecular weight excluding hydrogens is 275 g/mol. The molecule has 102 valence electrons. The van der Waals surface area contributed by atoms with E-state index in [2.05, 4.69) is 9.46 Å². The van der Waals surface area contributed by atoms with Crippen LogP contribution >= 0.6 is 0 Å². The molecule has 0 aliphatic carbocycles. The van der Waals surface area contributed by atoms with Crippen LogP contribution in [0.3, 0.4) is 0 Å². The molecule has 0 atom stereocenters. The highest BCUT2D eigenvalue weighted by atomic mass is 32.2. The van der Waals surface area contributed by atoms with Crippen molar-refractivity contribution in [3.63, 3.8) is 0 Å². The van der Waals surface area contributed by atoms with Gasteiger partial charge in [0.25, 0.3) is 0 Å². The van der Waals surface area contributed by atoms with E-state index in [1.807, 2.05) is 0 Å². The first-order valence-electron chi connectivity index (χ1n) is 5.15. The Kier molecular flexibility index (Phi) is 4.83. The van der Waals surface area contributed by atoms with Gasteiger partial charge >= 0.3 is 5.97 Å². The van der Waals surface area contributed by atoms with Crippen molar-refractivity contribution in [3.8, 4) is 6.07 Å². The molecule has 0 unspecified atom stereocenters. The average molecular weight is 286 g/mol. The number of carbonyl (C=O) groups excluding carboxylic acids is 1. The van der Waals surface area contributed by atoms with E-state index >= 15 is 0 Å². The van der Waals surface area contributed by atoms with Gasteiger partial charge in [0.05, 0.1) is 25.0 Å². The Hall–Kier alpha value is -2.14. The highest BCUT2D eigenvalue weighted by molar-refractivity contribution is 7.92. The Balaban J connectivity index is 2.88. The van der Waals surface area contributed by atoms with Crippen LogP contribution in [-0.4, -0.2) is 27.2 Å². The lowest BCUT2D eigenvalue weighted by molar-refractivity contribution is -0.140. The van der Waals surface area contributed by atoms with Crippen molar-refractivity contribution in [1.82, 2.24) is 0 Å². The Morgan fingerprint density at radius 2 is 2.21 bits per heavy atom. The zero-order chi connectivity index (χ0) is 14.5. The molecule has 1 aromatic carbocycles. The van der Waals surface area contributed by atoms with E-state index in [4.69, 9.17) is 5.26 Å². The average Bonchev–Trinajstić information content (AvgIpc) is 2.36. The van der Waals surface area contributed by atoms with E-state index in [0.717, 1.165) is 13.2 Å². The number of methoxy groups -OCH3 is 1. The third-order valence-corrected chi connectivity index (χ3v) is 3.47. The Morgan fingerprint density at radius 1 is 1.53 bits per heavy atom. The summed E-state index contributed by atoms with van der Waals surface area (Å²) >= 11 is 0. The lowest BCUT2D eigenvalue weighted by atomic mass is 10.2. The zero-order valence-corrected chi connectivity index (χ0v) is 10.8. The number of ether oxygens (including phenoxy) is 1. The number of esters is 1. The van der Waals surface area contributed by atoms with Gasteiger partial charge in [-0.05, 0) is 12.1 Å². The summed E-state index contributed by atoms with van der Waals surface area (Å²) in [5, 5.41) is 8.75.